The highest BCUT2D eigenvalue weighted by Crippen LogP contribution is 2.10. The second-order valence-electron chi connectivity index (χ2n) is 6.48. The van der Waals surface area contributed by atoms with Crippen LogP contribution in [0.25, 0.3) is 5.65 Å². The Morgan fingerprint density at radius 3 is 2.52 bits per heavy atom. The molecule has 0 saturated carbocycles. The van der Waals surface area contributed by atoms with Gasteiger partial charge in [0.1, 0.15) is 5.65 Å². The average Bonchev–Trinajstić information content (AvgIpc) is 3.01. The molecule has 5 heteroatoms. The molecule has 0 atom stereocenters. The van der Waals surface area contributed by atoms with Gasteiger partial charge in [-0.2, -0.15) is 0 Å². The lowest BCUT2D eigenvalue weighted by molar-refractivity contribution is -0.131. The van der Waals surface area contributed by atoms with Crippen molar-refractivity contribution in [3.05, 3.63) is 72.2 Å². The number of aromatic nitrogens is 2. The number of rotatable bonds is 7. The van der Waals surface area contributed by atoms with Crippen LogP contribution in [0.15, 0.2) is 60.9 Å². The number of pyridine rings is 1. The van der Waals surface area contributed by atoms with Crippen LogP contribution in [0.3, 0.4) is 0 Å². The molecule has 0 aliphatic rings. The molecule has 1 amide bonds. The first kappa shape index (κ1) is 17.2. The summed E-state index contributed by atoms with van der Waals surface area (Å²) in [4.78, 5) is 21.4. The largest absolute Gasteiger partial charge is 0.337 e. The molecular formula is C20H24N4O. The molecule has 1 aromatic carbocycles. The molecule has 0 radical (unpaired) electrons. The Hall–Kier alpha value is -2.66. The van der Waals surface area contributed by atoms with Crippen LogP contribution in [0, 0.1) is 0 Å². The quantitative estimate of drug-likeness (QED) is 0.665. The lowest BCUT2D eigenvalue weighted by Crippen LogP contribution is -2.37. The standard InChI is InChI=1S/C20H24N4O/c1-22(2)12-13-24(15-17-8-4-3-5-9-17)20(25)14-18-16-23-11-7-6-10-19(23)21-18/h3-11,16H,12-15H2,1-2H3. The van der Waals surface area contributed by atoms with Crippen LogP contribution in [-0.2, 0) is 17.8 Å². The Labute approximate surface area is 148 Å². The van der Waals surface area contributed by atoms with Crippen LogP contribution < -0.4 is 0 Å². The summed E-state index contributed by atoms with van der Waals surface area (Å²) >= 11 is 0. The molecule has 3 rings (SSSR count). The van der Waals surface area contributed by atoms with E-state index in [2.05, 4.69) is 22.0 Å². The van der Waals surface area contributed by atoms with Crippen molar-refractivity contribution in [1.82, 2.24) is 19.2 Å². The first-order chi connectivity index (χ1) is 12.1. The maximum atomic E-state index is 12.9. The van der Waals surface area contributed by atoms with Crippen molar-refractivity contribution in [3.63, 3.8) is 0 Å². The molecule has 2 aromatic heterocycles. The number of benzene rings is 1. The predicted octanol–water partition coefficient (Wildman–Crippen LogP) is 2.47. The van der Waals surface area contributed by atoms with Crippen molar-refractivity contribution < 1.29 is 4.79 Å². The maximum Gasteiger partial charge on any atom is 0.228 e. The number of fused-ring (bicyclic) bond motifs is 1. The van der Waals surface area contributed by atoms with Crippen molar-refractivity contribution in [2.24, 2.45) is 0 Å². The molecule has 25 heavy (non-hydrogen) atoms. The Morgan fingerprint density at radius 1 is 1.04 bits per heavy atom. The molecule has 0 fully saturated rings. The normalized spacial score (nSPS) is 11.2. The van der Waals surface area contributed by atoms with Gasteiger partial charge in [-0.15, -0.1) is 0 Å². The zero-order chi connectivity index (χ0) is 17.6. The Bertz CT molecular complexity index is 793. The molecule has 0 spiro atoms. The smallest absolute Gasteiger partial charge is 0.228 e. The Kier molecular flexibility index (Phi) is 5.46. The predicted molar refractivity (Wildman–Crippen MR) is 99.3 cm³/mol. The van der Waals surface area contributed by atoms with Crippen LogP contribution in [0.4, 0.5) is 0 Å². The molecule has 130 valence electrons. The van der Waals surface area contributed by atoms with Gasteiger partial charge in [-0.05, 0) is 31.8 Å². The molecule has 0 saturated heterocycles. The minimum atomic E-state index is 0.106. The molecule has 2 heterocycles. The fraction of sp³-hybridized carbons (Fsp3) is 0.300. The van der Waals surface area contributed by atoms with Crippen LogP contribution in [-0.4, -0.2) is 52.3 Å². The van der Waals surface area contributed by atoms with Crippen LogP contribution >= 0.6 is 0 Å². The molecule has 0 N–H and O–H groups in total. The Balaban J connectivity index is 1.72. The van der Waals surface area contributed by atoms with Gasteiger partial charge in [0, 0.05) is 32.0 Å². The van der Waals surface area contributed by atoms with Gasteiger partial charge in [0.05, 0.1) is 12.1 Å². The van der Waals surface area contributed by atoms with E-state index in [9.17, 15) is 4.79 Å². The second-order valence-corrected chi connectivity index (χ2v) is 6.48. The monoisotopic (exact) mass is 336 g/mol. The van der Waals surface area contributed by atoms with Gasteiger partial charge in [-0.25, -0.2) is 4.98 Å². The molecule has 0 bridgehead atoms. The van der Waals surface area contributed by atoms with Crippen molar-refractivity contribution >= 4 is 11.6 Å². The van der Waals surface area contributed by atoms with Crippen LogP contribution in [0.5, 0.6) is 0 Å². The van der Waals surface area contributed by atoms with E-state index in [1.165, 1.54) is 0 Å². The van der Waals surface area contributed by atoms with Crippen LogP contribution in [0.1, 0.15) is 11.3 Å². The van der Waals surface area contributed by atoms with Gasteiger partial charge >= 0.3 is 0 Å². The zero-order valence-corrected chi connectivity index (χ0v) is 14.8. The van der Waals surface area contributed by atoms with Gasteiger partial charge in [0.2, 0.25) is 5.91 Å². The summed E-state index contributed by atoms with van der Waals surface area (Å²) < 4.78 is 1.95. The third-order valence-electron chi connectivity index (χ3n) is 4.13. The summed E-state index contributed by atoms with van der Waals surface area (Å²) in [6.07, 6.45) is 4.20. The van der Waals surface area contributed by atoms with E-state index >= 15 is 0 Å². The minimum absolute atomic E-state index is 0.106. The topological polar surface area (TPSA) is 40.9 Å². The van der Waals surface area contributed by atoms with E-state index in [0.29, 0.717) is 19.5 Å². The van der Waals surface area contributed by atoms with Gasteiger partial charge in [0.25, 0.3) is 0 Å². The minimum Gasteiger partial charge on any atom is -0.337 e. The molecule has 3 aromatic rings. The SMILES string of the molecule is CN(C)CCN(Cc1ccccc1)C(=O)Cc1cn2ccccc2n1. The summed E-state index contributed by atoms with van der Waals surface area (Å²) in [6, 6.07) is 16.0. The van der Waals surface area contributed by atoms with Crippen molar-refractivity contribution in [2.45, 2.75) is 13.0 Å². The number of carbonyl (C=O) groups is 1. The summed E-state index contributed by atoms with van der Waals surface area (Å²) in [6.45, 7) is 2.17. The van der Waals surface area contributed by atoms with Gasteiger partial charge in [0.15, 0.2) is 0 Å². The van der Waals surface area contributed by atoms with Crippen LogP contribution in [0.2, 0.25) is 0 Å². The second kappa shape index (κ2) is 7.94. The summed E-state index contributed by atoms with van der Waals surface area (Å²) in [7, 11) is 4.04. The number of hydrogen-bond donors (Lipinski definition) is 0. The Morgan fingerprint density at radius 2 is 1.80 bits per heavy atom. The van der Waals surface area contributed by atoms with Gasteiger partial charge in [-0.1, -0.05) is 36.4 Å². The molecular weight excluding hydrogens is 312 g/mol. The number of carbonyl (C=O) groups excluding carboxylic acids is 1. The molecule has 0 aliphatic heterocycles. The number of nitrogens with zero attached hydrogens (tertiary/aromatic N) is 4. The third-order valence-corrected chi connectivity index (χ3v) is 4.13. The average molecular weight is 336 g/mol. The fourth-order valence-electron chi connectivity index (χ4n) is 2.76. The highest BCUT2D eigenvalue weighted by molar-refractivity contribution is 5.78. The number of imidazole rings is 1. The highest BCUT2D eigenvalue weighted by Gasteiger charge is 2.16. The molecule has 0 aliphatic carbocycles. The summed E-state index contributed by atoms with van der Waals surface area (Å²) in [5.74, 6) is 0.106. The van der Waals surface area contributed by atoms with Crippen molar-refractivity contribution in [2.75, 3.05) is 27.2 Å². The highest BCUT2D eigenvalue weighted by atomic mass is 16.2. The first-order valence-electron chi connectivity index (χ1n) is 8.51. The summed E-state index contributed by atoms with van der Waals surface area (Å²) in [5, 5.41) is 0. The summed E-state index contributed by atoms with van der Waals surface area (Å²) in [5.41, 5.74) is 2.82. The van der Waals surface area contributed by atoms with E-state index in [0.717, 1.165) is 23.4 Å². The first-order valence-corrected chi connectivity index (χ1v) is 8.51. The van der Waals surface area contributed by atoms with Gasteiger partial charge in [-0.3, -0.25) is 4.79 Å². The zero-order valence-electron chi connectivity index (χ0n) is 14.8. The maximum absolute atomic E-state index is 12.9. The lowest BCUT2D eigenvalue weighted by Gasteiger charge is -2.24. The molecule has 0 unspecified atom stereocenters. The van der Waals surface area contributed by atoms with E-state index in [1.54, 1.807) is 0 Å². The third kappa shape index (κ3) is 4.67. The molecule has 5 nitrogen and oxygen atoms in total. The van der Waals surface area contributed by atoms with Crippen molar-refractivity contribution in [1.29, 1.82) is 0 Å². The van der Waals surface area contributed by atoms with E-state index in [-0.39, 0.29) is 5.91 Å². The van der Waals surface area contributed by atoms with E-state index < -0.39 is 0 Å². The van der Waals surface area contributed by atoms with E-state index in [1.807, 2.05) is 72.2 Å². The number of hydrogen-bond acceptors (Lipinski definition) is 3. The van der Waals surface area contributed by atoms with Gasteiger partial charge < -0.3 is 14.2 Å². The van der Waals surface area contributed by atoms with E-state index in [4.69, 9.17) is 0 Å². The fourth-order valence-corrected chi connectivity index (χ4v) is 2.76. The number of likely N-dealkylation sites (N-methyl/N-ethyl adjacent to an activating group) is 1. The van der Waals surface area contributed by atoms with Crippen molar-refractivity contribution in [3.8, 4) is 0 Å². The number of amides is 1. The lowest BCUT2D eigenvalue weighted by atomic mass is 10.2.